The van der Waals surface area contributed by atoms with Crippen molar-refractivity contribution in [1.29, 1.82) is 0 Å². The van der Waals surface area contributed by atoms with Crippen molar-refractivity contribution < 1.29 is 14.3 Å². The van der Waals surface area contributed by atoms with Crippen LogP contribution in [0.3, 0.4) is 0 Å². The molecule has 1 amide bonds. The van der Waals surface area contributed by atoms with Crippen molar-refractivity contribution in [3.8, 4) is 0 Å². The largest absolute Gasteiger partial charge is 0.466 e. The predicted molar refractivity (Wildman–Crippen MR) is 83.8 cm³/mol. The maximum Gasteiger partial charge on any atom is 0.309 e. The van der Waals surface area contributed by atoms with Crippen LogP contribution in [-0.2, 0) is 20.7 Å². The Labute approximate surface area is 133 Å². The Morgan fingerprint density at radius 2 is 2.05 bits per heavy atom. The van der Waals surface area contributed by atoms with Gasteiger partial charge in [-0.1, -0.05) is 28.1 Å². The number of amides is 1. The van der Waals surface area contributed by atoms with Crippen molar-refractivity contribution in [2.45, 2.75) is 26.2 Å². The van der Waals surface area contributed by atoms with E-state index in [1.165, 1.54) is 0 Å². The Bertz CT molecular complexity index is 510. The molecule has 1 aliphatic rings. The number of hydrogen-bond donors (Lipinski definition) is 0. The third-order valence-corrected chi connectivity index (χ3v) is 4.21. The summed E-state index contributed by atoms with van der Waals surface area (Å²) >= 11 is 3.41. The summed E-state index contributed by atoms with van der Waals surface area (Å²) in [5.74, 6) is -0.0631. The molecule has 1 aromatic carbocycles. The van der Waals surface area contributed by atoms with Gasteiger partial charge in [-0.2, -0.15) is 0 Å². The van der Waals surface area contributed by atoms with Crippen molar-refractivity contribution in [3.63, 3.8) is 0 Å². The van der Waals surface area contributed by atoms with Crippen molar-refractivity contribution >= 4 is 27.8 Å². The van der Waals surface area contributed by atoms with Crippen LogP contribution >= 0.6 is 15.9 Å². The van der Waals surface area contributed by atoms with Crippen LogP contribution in [-0.4, -0.2) is 36.5 Å². The smallest absolute Gasteiger partial charge is 0.309 e. The highest BCUT2D eigenvalue weighted by Crippen LogP contribution is 2.20. The lowest BCUT2D eigenvalue weighted by Gasteiger charge is -2.31. The van der Waals surface area contributed by atoms with E-state index in [4.69, 9.17) is 4.74 Å². The number of halogens is 1. The summed E-state index contributed by atoms with van der Waals surface area (Å²) in [5, 5.41) is 0. The van der Waals surface area contributed by atoms with E-state index in [0.717, 1.165) is 10.0 Å². The average molecular weight is 354 g/mol. The highest BCUT2D eigenvalue weighted by Gasteiger charge is 2.28. The first kappa shape index (κ1) is 16.0. The van der Waals surface area contributed by atoms with Crippen LogP contribution in [0.15, 0.2) is 28.7 Å². The fraction of sp³-hybridized carbons (Fsp3) is 0.500. The summed E-state index contributed by atoms with van der Waals surface area (Å²) in [7, 11) is 0. The fourth-order valence-corrected chi connectivity index (χ4v) is 3.00. The van der Waals surface area contributed by atoms with E-state index in [1.54, 1.807) is 0 Å². The molecule has 0 bridgehead atoms. The molecule has 114 valence electrons. The number of rotatable bonds is 4. The number of ether oxygens (including phenoxy) is 1. The molecule has 0 saturated carbocycles. The Morgan fingerprint density at radius 1 is 1.33 bits per heavy atom. The van der Waals surface area contributed by atoms with Gasteiger partial charge in [0.1, 0.15) is 0 Å². The minimum atomic E-state index is -0.128. The van der Waals surface area contributed by atoms with E-state index < -0.39 is 0 Å². The van der Waals surface area contributed by atoms with Gasteiger partial charge in [0.25, 0.3) is 0 Å². The van der Waals surface area contributed by atoms with Gasteiger partial charge in [0, 0.05) is 17.6 Å². The second-order valence-corrected chi connectivity index (χ2v) is 6.13. The summed E-state index contributed by atoms with van der Waals surface area (Å²) in [6.07, 6.45) is 1.80. The fourth-order valence-electron chi connectivity index (χ4n) is 2.56. The maximum absolute atomic E-state index is 12.3. The lowest BCUT2D eigenvalue weighted by atomic mass is 9.96. The molecule has 2 rings (SSSR count). The van der Waals surface area contributed by atoms with Gasteiger partial charge in [0.05, 0.1) is 18.9 Å². The third-order valence-electron chi connectivity index (χ3n) is 3.71. The van der Waals surface area contributed by atoms with Gasteiger partial charge in [-0.25, -0.2) is 0 Å². The van der Waals surface area contributed by atoms with E-state index in [1.807, 2.05) is 36.1 Å². The zero-order valence-electron chi connectivity index (χ0n) is 12.2. The van der Waals surface area contributed by atoms with Crippen LogP contribution in [0.2, 0.25) is 0 Å². The molecule has 1 saturated heterocycles. The summed E-state index contributed by atoms with van der Waals surface area (Å²) in [4.78, 5) is 25.8. The normalized spacial score (nSPS) is 15.8. The first-order valence-corrected chi connectivity index (χ1v) is 8.08. The van der Waals surface area contributed by atoms with E-state index in [2.05, 4.69) is 15.9 Å². The van der Waals surface area contributed by atoms with Gasteiger partial charge in [0.2, 0.25) is 5.91 Å². The molecule has 1 aliphatic heterocycles. The Morgan fingerprint density at radius 3 is 2.67 bits per heavy atom. The molecule has 0 N–H and O–H groups in total. The van der Waals surface area contributed by atoms with Crippen LogP contribution in [0.25, 0.3) is 0 Å². The van der Waals surface area contributed by atoms with Gasteiger partial charge in [-0.15, -0.1) is 0 Å². The number of piperidine rings is 1. The molecule has 5 heteroatoms. The average Bonchev–Trinajstić information content (AvgIpc) is 2.47. The summed E-state index contributed by atoms with van der Waals surface area (Å²) in [6.45, 7) is 3.50. The SMILES string of the molecule is CCOC(=O)C1CCN(C(=O)Cc2cccc(Br)c2)CC1. The minimum absolute atomic E-state index is 0.0557. The molecule has 21 heavy (non-hydrogen) atoms. The number of nitrogens with zero attached hydrogens (tertiary/aromatic N) is 1. The zero-order valence-corrected chi connectivity index (χ0v) is 13.8. The topological polar surface area (TPSA) is 46.6 Å². The van der Waals surface area contributed by atoms with Crippen molar-refractivity contribution in [2.24, 2.45) is 5.92 Å². The molecule has 0 spiro atoms. The van der Waals surface area contributed by atoms with Crippen LogP contribution in [0.1, 0.15) is 25.3 Å². The molecule has 0 aliphatic carbocycles. The molecular formula is C16H20BrNO3. The summed E-state index contributed by atoms with van der Waals surface area (Å²) in [6, 6.07) is 7.79. The summed E-state index contributed by atoms with van der Waals surface area (Å²) in [5.41, 5.74) is 1.00. The monoisotopic (exact) mass is 353 g/mol. The summed E-state index contributed by atoms with van der Waals surface area (Å²) < 4.78 is 6.02. The van der Waals surface area contributed by atoms with Crippen LogP contribution in [0, 0.1) is 5.92 Å². The van der Waals surface area contributed by atoms with E-state index in [0.29, 0.717) is 39.0 Å². The molecule has 1 heterocycles. The van der Waals surface area contributed by atoms with Gasteiger partial charge in [0.15, 0.2) is 0 Å². The van der Waals surface area contributed by atoms with Gasteiger partial charge >= 0.3 is 5.97 Å². The number of carbonyl (C=O) groups excluding carboxylic acids is 2. The maximum atomic E-state index is 12.3. The van der Waals surface area contributed by atoms with Crippen molar-refractivity contribution in [1.82, 2.24) is 4.90 Å². The molecular weight excluding hydrogens is 334 g/mol. The lowest BCUT2D eigenvalue weighted by molar-refractivity contribution is -0.151. The van der Waals surface area contributed by atoms with E-state index in [9.17, 15) is 9.59 Å². The molecule has 0 unspecified atom stereocenters. The quantitative estimate of drug-likeness (QED) is 0.782. The number of benzene rings is 1. The minimum Gasteiger partial charge on any atom is -0.466 e. The van der Waals surface area contributed by atoms with Gasteiger partial charge in [-0.05, 0) is 37.5 Å². The first-order chi connectivity index (χ1) is 10.1. The van der Waals surface area contributed by atoms with Gasteiger partial charge in [-0.3, -0.25) is 9.59 Å². The second-order valence-electron chi connectivity index (χ2n) is 5.21. The Balaban J connectivity index is 1.84. The lowest BCUT2D eigenvalue weighted by Crippen LogP contribution is -2.41. The standard InChI is InChI=1S/C16H20BrNO3/c1-2-21-16(20)13-6-8-18(9-7-13)15(19)11-12-4-3-5-14(17)10-12/h3-5,10,13H,2,6-9,11H2,1H3. The van der Waals surface area contributed by atoms with Crippen LogP contribution < -0.4 is 0 Å². The molecule has 0 atom stereocenters. The molecule has 0 radical (unpaired) electrons. The predicted octanol–water partition coefficient (Wildman–Crippen LogP) is 2.79. The number of hydrogen-bond acceptors (Lipinski definition) is 3. The van der Waals surface area contributed by atoms with E-state index in [-0.39, 0.29) is 17.8 Å². The van der Waals surface area contributed by atoms with E-state index >= 15 is 0 Å². The third kappa shape index (κ3) is 4.56. The molecule has 1 aromatic rings. The number of likely N-dealkylation sites (tertiary alicyclic amines) is 1. The number of carbonyl (C=O) groups is 2. The Hall–Kier alpha value is -1.36. The number of esters is 1. The van der Waals surface area contributed by atoms with Crippen molar-refractivity contribution in [3.05, 3.63) is 34.3 Å². The zero-order chi connectivity index (χ0) is 15.2. The molecule has 4 nitrogen and oxygen atoms in total. The Kier molecular flexibility index (Phi) is 5.79. The van der Waals surface area contributed by atoms with Gasteiger partial charge < -0.3 is 9.64 Å². The highest BCUT2D eigenvalue weighted by molar-refractivity contribution is 9.10. The van der Waals surface area contributed by atoms with Crippen LogP contribution in [0.4, 0.5) is 0 Å². The van der Waals surface area contributed by atoms with Crippen molar-refractivity contribution in [2.75, 3.05) is 19.7 Å². The highest BCUT2D eigenvalue weighted by atomic mass is 79.9. The first-order valence-electron chi connectivity index (χ1n) is 7.29. The second kappa shape index (κ2) is 7.59. The molecule has 0 aromatic heterocycles. The molecule has 1 fully saturated rings. The van der Waals surface area contributed by atoms with Crippen LogP contribution in [0.5, 0.6) is 0 Å².